The molecule has 0 saturated carbocycles. The maximum atomic E-state index is 12.9. The summed E-state index contributed by atoms with van der Waals surface area (Å²) in [5, 5.41) is 4.17. The third-order valence-electron chi connectivity index (χ3n) is 4.01. The summed E-state index contributed by atoms with van der Waals surface area (Å²) in [5.41, 5.74) is 2.20. The Morgan fingerprint density at radius 1 is 1.12 bits per heavy atom. The highest BCUT2D eigenvalue weighted by molar-refractivity contribution is 7.20. The van der Waals surface area contributed by atoms with Gasteiger partial charge in [-0.2, -0.15) is 0 Å². The zero-order chi connectivity index (χ0) is 19.0. The smallest absolute Gasteiger partial charge is 0.266 e. The Balaban J connectivity index is 2.01. The highest BCUT2D eigenvalue weighted by atomic mass is 35.5. The number of hydrogen-bond acceptors (Lipinski definition) is 6. The van der Waals surface area contributed by atoms with Crippen LogP contribution in [0.1, 0.15) is 26.8 Å². The molecule has 1 amide bonds. The van der Waals surface area contributed by atoms with Crippen molar-refractivity contribution in [3.8, 4) is 11.5 Å². The van der Waals surface area contributed by atoms with Crippen molar-refractivity contribution in [1.82, 2.24) is 9.97 Å². The molecule has 0 bridgehead atoms. The van der Waals surface area contributed by atoms with Gasteiger partial charge >= 0.3 is 0 Å². The van der Waals surface area contributed by atoms with E-state index in [-0.39, 0.29) is 5.91 Å². The Hall–Kier alpha value is -2.38. The lowest BCUT2D eigenvalue weighted by Gasteiger charge is -2.13. The summed E-state index contributed by atoms with van der Waals surface area (Å²) in [5.74, 6) is 1.38. The van der Waals surface area contributed by atoms with Gasteiger partial charge in [0.1, 0.15) is 22.2 Å². The second-order valence-corrected chi connectivity index (χ2v) is 7.14. The molecule has 0 fully saturated rings. The van der Waals surface area contributed by atoms with Crippen LogP contribution in [-0.2, 0) is 0 Å². The topological polar surface area (TPSA) is 73.3 Å². The molecule has 0 unspecified atom stereocenters. The van der Waals surface area contributed by atoms with Crippen LogP contribution in [0.3, 0.4) is 0 Å². The molecule has 0 aliphatic carbocycles. The zero-order valence-corrected chi connectivity index (χ0v) is 16.6. The van der Waals surface area contributed by atoms with Gasteiger partial charge in [0.15, 0.2) is 0 Å². The van der Waals surface area contributed by atoms with Crippen molar-refractivity contribution >= 4 is 44.7 Å². The fourth-order valence-electron chi connectivity index (χ4n) is 2.83. The Bertz CT molecular complexity index is 1020. The first kappa shape index (κ1) is 18.4. The first-order valence-electron chi connectivity index (χ1n) is 7.83. The fraction of sp³-hybridized carbons (Fsp3) is 0.278. The highest BCUT2D eigenvalue weighted by Crippen LogP contribution is 2.37. The molecule has 3 aromatic rings. The molecule has 0 radical (unpaired) electrons. The molecular formula is C18H18ClN3O3S. The summed E-state index contributed by atoms with van der Waals surface area (Å²) in [6.07, 6.45) is 0. The van der Waals surface area contributed by atoms with Gasteiger partial charge in [0, 0.05) is 17.1 Å². The van der Waals surface area contributed by atoms with Crippen LogP contribution in [0.25, 0.3) is 10.2 Å². The van der Waals surface area contributed by atoms with Crippen LogP contribution in [-0.4, -0.2) is 30.1 Å². The quantitative estimate of drug-likeness (QED) is 0.706. The molecule has 0 aliphatic rings. The Kier molecular flexibility index (Phi) is 5.02. The van der Waals surface area contributed by atoms with E-state index in [9.17, 15) is 4.79 Å². The minimum Gasteiger partial charge on any atom is -0.495 e. The van der Waals surface area contributed by atoms with Gasteiger partial charge in [-0.15, -0.1) is 11.3 Å². The summed E-state index contributed by atoms with van der Waals surface area (Å²) >= 11 is 7.52. The maximum absolute atomic E-state index is 12.9. The molecule has 1 aromatic carbocycles. The SMILES string of the molecule is COc1cc(OC)c(NC(=O)c2sc3nc(C)nc(C)c3c2C)cc1Cl. The molecule has 2 heterocycles. The highest BCUT2D eigenvalue weighted by Gasteiger charge is 2.20. The van der Waals surface area contributed by atoms with E-state index in [1.807, 2.05) is 20.8 Å². The fourth-order valence-corrected chi connectivity index (χ4v) is 4.24. The average Bonchev–Trinajstić information content (AvgIpc) is 2.92. The summed E-state index contributed by atoms with van der Waals surface area (Å²) < 4.78 is 10.5. The van der Waals surface area contributed by atoms with Crippen molar-refractivity contribution in [3.63, 3.8) is 0 Å². The minimum absolute atomic E-state index is 0.248. The van der Waals surface area contributed by atoms with Crippen molar-refractivity contribution in [2.75, 3.05) is 19.5 Å². The van der Waals surface area contributed by atoms with E-state index in [1.54, 1.807) is 12.1 Å². The lowest BCUT2D eigenvalue weighted by atomic mass is 10.1. The van der Waals surface area contributed by atoms with Crippen molar-refractivity contribution in [2.45, 2.75) is 20.8 Å². The Morgan fingerprint density at radius 2 is 1.81 bits per heavy atom. The zero-order valence-electron chi connectivity index (χ0n) is 15.1. The van der Waals surface area contributed by atoms with Crippen molar-refractivity contribution in [2.24, 2.45) is 0 Å². The number of anilines is 1. The van der Waals surface area contributed by atoms with Gasteiger partial charge in [-0.25, -0.2) is 9.97 Å². The van der Waals surface area contributed by atoms with Crippen LogP contribution in [0.2, 0.25) is 5.02 Å². The standard InChI is InChI=1S/C18H18ClN3O3S/c1-8-15-9(2)20-10(3)21-18(15)26-16(8)17(23)22-12-6-11(19)13(24-4)7-14(12)25-5/h6-7H,1-5H3,(H,22,23). The number of rotatable bonds is 4. The number of carbonyl (C=O) groups is 1. The van der Waals surface area contributed by atoms with Crippen LogP contribution in [0.15, 0.2) is 12.1 Å². The van der Waals surface area contributed by atoms with E-state index in [0.29, 0.717) is 32.9 Å². The van der Waals surface area contributed by atoms with E-state index in [4.69, 9.17) is 21.1 Å². The van der Waals surface area contributed by atoms with Crippen LogP contribution in [0.4, 0.5) is 5.69 Å². The molecule has 2 aromatic heterocycles. The Labute approximate surface area is 160 Å². The van der Waals surface area contributed by atoms with Crippen LogP contribution in [0.5, 0.6) is 11.5 Å². The summed E-state index contributed by atoms with van der Waals surface area (Å²) in [4.78, 5) is 23.1. The molecule has 0 saturated heterocycles. The van der Waals surface area contributed by atoms with Gasteiger partial charge in [0.2, 0.25) is 0 Å². The lowest BCUT2D eigenvalue weighted by molar-refractivity contribution is 0.102. The Morgan fingerprint density at radius 3 is 2.46 bits per heavy atom. The number of methoxy groups -OCH3 is 2. The predicted molar refractivity (Wildman–Crippen MR) is 104 cm³/mol. The van der Waals surface area contributed by atoms with Crippen molar-refractivity contribution in [1.29, 1.82) is 0 Å². The summed E-state index contributed by atoms with van der Waals surface area (Å²) in [6.45, 7) is 5.66. The number of amides is 1. The second-order valence-electron chi connectivity index (χ2n) is 5.73. The number of ether oxygens (including phenoxy) is 2. The molecule has 6 nitrogen and oxygen atoms in total. The van der Waals surface area contributed by atoms with Gasteiger partial charge in [-0.3, -0.25) is 4.79 Å². The van der Waals surface area contributed by atoms with Gasteiger partial charge in [0.25, 0.3) is 5.91 Å². The lowest BCUT2D eigenvalue weighted by Crippen LogP contribution is -2.12. The molecule has 1 N–H and O–H groups in total. The van der Waals surface area contributed by atoms with Crippen LogP contribution < -0.4 is 14.8 Å². The normalized spacial score (nSPS) is 10.8. The third-order valence-corrected chi connectivity index (χ3v) is 5.49. The number of benzene rings is 1. The molecular weight excluding hydrogens is 374 g/mol. The largest absolute Gasteiger partial charge is 0.495 e. The minimum atomic E-state index is -0.248. The number of halogens is 1. The number of fused-ring (bicyclic) bond motifs is 1. The predicted octanol–water partition coefficient (Wildman–Crippen LogP) is 4.54. The van der Waals surface area contributed by atoms with Crippen molar-refractivity contribution < 1.29 is 14.3 Å². The molecule has 26 heavy (non-hydrogen) atoms. The molecule has 0 spiro atoms. The third kappa shape index (κ3) is 3.20. The number of aryl methyl sites for hydroxylation is 3. The number of carbonyl (C=O) groups excluding carboxylic acids is 1. The van der Waals surface area contributed by atoms with E-state index < -0.39 is 0 Å². The van der Waals surface area contributed by atoms with Crippen LogP contribution >= 0.6 is 22.9 Å². The molecule has 8 heteroatoms. The summed E-state index contributed by atoms with van der Waals surface area (Å²) in [6, 6.07) is 3.24. The van der Waals surface area contributed by atoms with E-state index >= 15 is 0 Å². The van der Waals surface area contributed by atoms with E-state index in [0.717, 1.165) is 21.5 Å². The monoisotopic (exact) mass is 391 g/mol. The number of hydrogen-bond donors (Lipinski definition) is 1. The molecule has 0 atom stereocenters. The number of aromatic nitrogens is 2. The van der Waals surface area contributed by atoms with Gasteiger partial charge < -0.3 is 14.8 Å². The molecule has 0 aliphatic heterocycles. The van der Waals surface area contributed by atoms with Gasteiger partial charge in [-0.05, 0) is 32.4 Å². The molecule has 3 rings (SSSR count). The van der Waals surface area contributed by atoms with E-state index in [2.05, 4.69) is 15.3 Å². The number of thiophene rings is 1. The van der Waals surface area contributed by atoms with Crippen LogP contribution in [0, 0.1) is 20.8 Å². The van der Waals surface area contributed by atoms with Gasteiger partial charge in [-0.1, -0.05) is 11.6 Å². The van der Waals surface area contributed by atoms with Gasteiger partial charge in [0.05, 0.1) is 29.8 Å². The average molecular weight is 392 g/mol. The second kappa shape index (κ2) is 7.09. The maximum Gasteiger partial charge on any atom is 0.266 e. The summed E-state index contributed by atoms with van der Waals surface area (Å²) in [7, 11) is 3.04. The molecule has 136 valence electrons. The number of nitrogens with one attached hydrogen (secondary N) is 1. The first-order valence-corrected chi connectivity index (χ1v) is 9.02. The number of nitrogens with zero attached hydrogens (tertiary/aromatic N) is 2. The first-order chi connectivity index (χ1) is 12.3. The van der Waals surface area contributed by atoms with Crippen molar-refractivity contribution in [3.05, 3.63) is 39.1 Å². The van der Waals surface area contributed by atoms with E-state index in [1.165, 1.54) is 25.6 Å².